The summed E-state index contributed by atoms with van der Waals surface area (Å²) in [4.78, 5) is 2.27. The molecular weight excluding hydrogens is 224 g/mol. The smallest absolute Gasteiger partial charge is 0.0596 e. The van der Waals surface area contributed by atoms with E-state index in [1.807, 2.05) is 18.2 Å². The van der Waals surface area contributed by atoms with E-state index in [1.165, 1.54) is 5.56 Å². The van der Waals surface area contributed by atoms with Crippen LogP contribution in [0.4, 0.5) is 0 Å². The third-order valence-corrected chi connectivity index (χ3v) is 2.97. The number of hydrogen-bond donors (Lipinski definition) is 1. The van der Waals surface area contributed by atoms with Crippen LogP contribution in [-0.4, -0.2) is 37.7 Å². The molecule has 0 radical (unpaired) electrons. The molecule has 3 nitrogen and oxygen atoms in total. The van der Waals surface area contributed by atoms with Crippen molar-refractivity contribution in [1.29, 1.82) is 0 Å². The lowest BCUT2D eigenvalue weighted by molar-refractivity contribution is 0.0634. The number of nitrogens with two attached hydrogens (primary N) is 1. The van der Waals surface area contributed by atoms with E-state index in [4.69, 9.17) is 10.5 Å². The van der Waals surface area contributed by atoms with E-state index in [1.54, 1.807) is 0 Å². The molecule has 0 amide bonds. The first kappa shape index (κ1) is 15.2. The van der Waals surface area contributed by atoms with Gasteiger partial charge in [-0.05, 0) is 39.4 Å². The second-order valence-electron chi connectivity index (χ2n) is 5.03. The normalized spacial score (nSPS) is 13.2. The van der Waals surface area contributed by atoms with Gasteiger partial charge < -0.3 is 15.4 Å². The van der Waals surface area contributed by atoms with E-state index in [0.29, 0.717) is 6.10 Å². The van der Waals surface area contributed by atoms with E-state index in [9.17, 15) is 0 Å². The first-order chi connectivity index (χ1) is 8.59. The van der Waals surface area contributed by atoms with Crippen molar-refractivity contribution in [3.8, 4) is 0 Å². The summed E-state index contributed by atoms with van der Waals surface area (Å²) in [6.07, 6.45) is 1.28. The second kappa shape index (κ2) is 8.25. The van der Waals surface area contributed by atoms with Gasteiger partial charge in [-0.1, -0.05) is 30.3 Å². The second-order valence-corrected chi connectivity index (χ2v) is 5.03. The molecule has 18 heavy (non-hydrogen) atoms. The van der Waals surface area contributed by atoms with Gasteiger partial charge in [-0.2, -0.15) is 0 Å². The molecule has 3 heteroatoms. The first-order valence-corrected chi connectivity index (χ1v) is 6.70. The van der Waals surface area contributed by atoms with Crippen molar-refractivity contribution < 1.29 is 4.74 Å². The number of ether oxygens (including phenoxy) is 1. The van der Waals surface area contributed by atoms with Crippen molar-refractivity contribution in [2.45, 2.75) is 32.4 Å². The molecule has 102 valence electrons. The molecule has 1 aromatic carbocycles. The van der Waals surface area contributed by atoms with Gasteiger partial charge in [0.05, 0.1) is 12.7 Å². The van der Waals surface area contributed by atoms with Crippen LogP contribution in [0.2, 0.25) is 0 Å². The van der Waals surface area contributed by atoms with Crippen LogP contribution in [0.25, 0.3) is 0 Å². The molecule has 0 aliphatic rings. The maximum Gasteiger partial charge on any atom is 0.0596 e. The topological polar surface area (TPSA) is 38.5 Å². The van der Waals surface area contributed by atoms with E-state index >= 15 is 0 Å². The molecule has 0 aliphatic carbocycles. The minimum atomic E-state index is 0.125. The largest absolute Gasteiger partial charge is 0.377 e. The van der Waals surface area contributed by atoms with Crippen molar-refractivity contribution in [2.75, 3.05) is 26.7 Å². The van der Waals surface area contributed by atoms with Crippen LogP contribution in [-0.2, 0) is 4.74 Å². The monoisotopic (exact) mass is 250 g/mol. The third kappa shape index (κ3) is 6.15. The SMILES string of the molecule is CC(C)OCCN(C)CCC(N)c1ccccc1. The minimum Gasteiger partial charge on any atom is -0.377 e. The summed E-state index contributed by atoms with van der Waals surface area (Å²) in [5, 5.41) is 0. The van der Waals surface area contributed by atoms with E-state index in [2.05, 4.69) is 37.9 Å². The van der Waals surface area contributed by atoms with Crippen molar-refractivity contribution in [1.82, 2.24) is 4.90 Å². The fourth-order valence-electron chi connectivity index (χ4n) is 1.78. The lowest BCUT2D eigenvalue weighted by Gasteiger charge is -2.20. The summed E-state index contributed by atoms with van der Waals surface area (Å²) in [6.45, 7) is 6.86. The standard InChI is InChI=1S/C15H26N2O/c1-13(2)18-12-11-17(3)10-9-15(16)14-7-5-4-6-8-14/h4-8,13,15H,9-12,16H2,1-3H3. The summed E-state index contributed by atoms with van der Waals surface area (Å²) in [5.74, 6) is 0. The number of hydrogen-bond acceptors (Lipinski definition) is 3. The molecule has 0 spiro atoms. The fourth-order valence-corrected chi connectivity index (χ4v) is 1.78. The fraction of sp³-hybridized carbons (Fsp3) is 0.600. The van der Waals surface area contributed by atoms with E-state index < -0.39 is 0 Å². The molecule has 1 unspecified atom stereocenters. The van der Waals surface area contributed by atoms with Gasteiger partial charge in [0.15, 0.2) is 0 Å². The van der Waals surface area contributed by atoms with Crippen molar-refractivity contribution in [3.05, 3.63) is 35.9 Å². The van der Waals surface area contributed by atoms with Crippen LogP contribution >= 0.6 is 0 Å². The Labute approximate surface area is 111 Å². The van der Waals surface area contributed by atoms with Gasteiger partial charge in [0, 0.05) is 12.6 Å². The van der Waals surface area contributed by atoms with Gasteiger partial charge in [-0.3, -0.25) is 0 Å². The highest BCUT2D eigenvalue weighted by Crippen LogP contribution is 2.13. The zero-order valence-corrected chi connectivity index (χ0v) is 11.8. The highest BCUT2D eigenvalue weighted by Gasteiger charge is 2.07. The predicted molar refractivity (Wildman–Crippen MR) is 76.6 cm³/mol. The van der Waals surface area contributed by atoms with E-state index in [0.717, 1.165) is 26.1 Å². The first-order valence-electron chi connectivity index (χ1n) is 6.70. The molecule has 1 rings (SSSR count). The van der Waals surface area contributed by atoms with Gasteiger partial charge in [0.2, 0.25) is 0 Å². The molecular formula is C15H26N2O. The zero-order chi connectivity index (χ0) is 13.4. The molecule has 0 aromatic heterocycles. The summed E-state index contributed by atoms with van der Waals surface area (Å²) >= 11 is 0. The summed E-state index contributed by atoms with van der Waals surface area (Å²) in [7, 11) is 2.11. The molecule has 0 saturated heterocycles. The molecule has 0 saturated carbocycles. The average Bonchev–Trinajstić information content (AvgIpc) is 2.36. The number of nitrogens with zero attached hydrogens (tertiary/aromatic N) is 1. The minimum absolute atomic E-state index is 0.125. The Morgan fingerprint density at radius 2 is 1.83 bits per heavy atom. The Kier molecular flexibility index (Phi) is 6.94. The van der Waals surface area contributed by atoms with Crippen LogP contribution < -0.4 is 5.73 Å². The molecule has 0 bridgehead atoms. The van der Waals surface area contributed by atoms with Gasteiger partial charge in [-0.25, -0.2) is 0 Å². The number of rotatable bonds is 8. The predicted octanol–water partition coefficient (Wildman–Crippen LogP) is 2.43. The van der Waals surface area contributed by atoms with Gasteiger partial charge >= 0.3 is 0 Å². The van der Waals surface area contributed by atoms with Crippen LogP contribution in [0.3, 0.4) is 0 Å². The van der Waals surface area contributed by atoms with Gasteiger partial charge in [-0.15, -0.1) is 0 Å². The highest BCUT2D eigenvalue weighted by molar-refractivity contribution is 5.18. The molecule has 0 aliphatic heterocycles. The molecule has 0 heterocycles. The Morgan fingerprint density at radius 1 is 1.17 bits per heavy atom. The maximum atomic E-state index is 6.16. The maximum absolute atomic E-state index is 6.16. The lowest BCUT2D eigenvalue weighted by atomic mass is 10.0. The van der Waals surface area contributed by atoms with Gasteiger partial charge in [0.25, 0.3) is 0 Å². The zero-order valence-electron chi connectivity index (χ0n) is 11.8. The van der Waals surface area contributed by atoms with E-state index in [-0.39, 0.29) is 6.04 Å². The lowest BCUT2D eigenvalue weighted by Crippen LogP contribution is -2.27. The van der Waals surface area contributed by atoms with Crippen LogP contribution in [0.15, 0.2) is 30.3 Å². The average molecular weight is 250 g/mol. The van der Waals surface area contributed by atoms with Crippen LogP contribution in [0.1, 0.15) is 31.9 Å². The number of benzene rings is 1. The van der Waals surface area contributed by atoms with Crippen molar-refractivity contribution >= 4 is 0 Å². The molecule has 1 aromatic rings. The molecule has 0 fully saturated rings. The van der Waals surface area contributed by atoms with Crippen molar-refractivity contribution in [3.63, 3.8) is 0 Å². The molecule has 2 N–H and O–H groups in total. The van der Waals surface area contributed by atoms with Crippen LogP contribution in [0, 0.1) is 0 Å². The number of likely N-dealkylation sites (N-methyl/N-ethyl adjacent to an activating group) is 1. The van der Waals surface area contributed by atoms with Crippen molar-refractivity contribution in [2.24, 2.45) is 5.73 Å². The highest BCUT2D eigenvalue weighted by atomic mass is 16.5. The Morgan fingerprint density at radius 3 is 2.44 bits per heavy atom. The summed E-state index contributed by atoms with van der Waals surface area (Å²) in [5.41, 5.74) is 7.37. The Balaban J connectivity index is 2.20. The summed E-state index contributed by atoms with van der Waals surface area (Å²) in [6, 6.07) is 10.4. The Bertz CT molecular complexity index is 314. The summed E-state index contributed by atoms with van der Waals surface area (Å²) < 4.78 is 5.53. The van der Waals surface area contributed by atoms with Gasteiger partial charge in [0.1, 0.15) is 0 Å². The molecule has 1 atom stereocenters. The Hall–Kier alpha value is -0.900. The third-order valence-electron chi connectivity index (χ3n) is 2.97. The van der Waals surface area contributed by atoms with Crippen LogP contribution in [0.5, 0.6) is 0 Å². The quantitative estimate of drug-likeness (QED) is 0.770.